The molecule has 3 rings (SSSR count). The fraction of sp³-hybridized carbons (Fsp3) is 0.722. The molecule has 158 valence electrons. The average molecular weight is 506 g/mol. The molecular weight excluding hydrogens is 475 g/mol. The number of piperazine rings is 1. The third kappa shape index (κ3) is 6.89. The van der Waals surface area contributed by atoms with Gasteiger partial charge in [0.25, 0.3) is 0 Å². The van der Waals surface area contributed by atoms with Crippen molar-refractivity contribution in [1.82, 2.24) is 25.2 Å². The number of nitrogens with zero attached hydrogens (tertiary/aromatic N) is 5. The first-order valence-electron chi connectivity index (χ1n) is 9.54. The van der Waals surface area contributed by atoms with Crippen LogP contribution >= 0.6 is 24.0 Å². The van der Waals surface area contributed by atoms with E-state index in [1.165, 1.54) is 0 Å². The van der Waals surface area contributed by atoms with Crippen LogP contribution in [0.5, 0.6) is 0 Å². The zero-order valence-corrected chi connectivity index (χ0v) is 19.0. The summed E-state index contributed by atoms with van der Waals surface area (Å²) in [6.45, 7) is 6.97. The van der Waals surface area contributed by atoms with Crippen LogP contribution in [0.4, 0.5) is 0 Å². The van der Waals surface area contributed by atoms with Crippen LogP contribution in [0.1, 0.15) is 12.1 Å². The molecule has 0 bridgehead atoms. The fourth-order valence-electron chi connectivity index (χ4n) is 3.20. The Hall–Kier alpha value is -1.40. The maximum atomic E-state index is 11.9. The molecule has 2 aliphatic rings. The molecule has 2 aliphatic heterocycles. The van der Waals surface area contributed by atoms with E-state index in [1.807, 2.05) is 6.07 Å². The number of hydrogen-bond donors (Lipinski definition) is 1. The fourth-order valence-corrected chi connectivity index (χ4v) is 3.20. The van der Waals surface area contributed by atoms with E-state index in [0.717, 1.165) is 70.6 Å². The van der Waals surface area contributed by atoms with E-state index >= 15 is 0 Å². The number of guanidine groups is 1. The summed E-state index contributed by atoms with van der Waals surface area (Å²) < 4.78 is 10.4. The second-order valence-corrected chi connectivity index (χ2v) is 7.29. The van der Waals surface area contributed by atoms with Gasteiger partial charge in [0.05, 0.1) is 12.3 Å². The third-order valence-electron chi connectivity index (χ3n) is 4.98. The lowest BCUT2D eigenvalue weighted by atomic mass is 10.1. The minimum absolute atomic E-state index is 0. The Morgan fingerprint density at radius 2 is 2.14 bits per heavy atom. The van der Waals surface area contributed by atoms with Crippen LogP contribution in [0.3, 0.4) is 0 Å². The van der Waals surface area contributed by atoms with E-state index in [1.54, 1.807) is 25.3 Å². The Morgan fingerprint density at radius 1 is 1.36 bits per heavy atom. The number of halogens is 1. The van der Waals surface area contributed by atoms with E-state index in [-0.39, 0.29) is 36.4 Å². The zero-order valence-electron chi connectivity index (χ0n) is 16.7. The van der Waals surface area contributed by atoms with Crippen LogP contribution < -0.4 is 5.32 Å². The van der Waals surface area contributed by atoms with Crippen LogP contribution in [0.15, 0.2) is 21.8 Å². The van der Waals surface area contributed by atoms with Crippen LogP contribution in [0.25, 0.3) is 0 Å². The highest BCUT2D eigenvalue weighted by molar-refractivity contribution is 14.0. The number of carbonyl (C=O) groups is 1. The van der Waals surface area contributed by atoms with Gasteiger partial charge in [0.2, 0.25) is 5.91 Å². The van der Waals surface area contributed by atoms with Crippen molar-refractivity contribution in [2.75, 3.05) is 66.6 Å². The first-order chi connectivity index (χ1) is 13.1. The number of aliphatic imine (C=N–C) groups is 1. The van der Waals surface area contributed by atoms with Crippen molar-refractivity contribution in [2.24, 2.45) is 10.9 Å². The minimum Gasteiger partial charge on any atom is -0.381 e. The smallest absolute Gasteiger partial charge is 0.243 e. The first-order valence-corrected chi connectivity index (χ1v) is 9.54. The van der Waals surface area contributed by atoms with Crippen molar-refractivity contribution < 1.29 is 14.1 Å². The molecule has 1 aromatic heterocycles. The van der Waals surface area contributed by atoms with Gasteiger partial charge < -0.3 is 24.4 Å². The predicted molar refractivity (Wildman–Crippen MR) is 117 cm³/mol. The van der Waals surface area contributed by atoms with Gasteiger partial charge in [-0.05, 0) is 6.42 Å². The molecule has 0 aliphatic carbocycles. The number of nitrogens with one attached hydrogen (secondary N) is 1. The lowest BCUT2D eigenvalue weighted by Gasteiger charge is -2.36. The zero-order chi connectivity index (χ0) is 19.1. The molecule has 0 aromatic carbocycles. The number of aromatic nitrogens is 1. The van der Waals surface area contributed by atoms with E-state index in [9.17, 15) is 4.79 Å². The molecule has 1 unspecified atom stereocenters. The second kappa shape index (κ2) is 11.6. The Morgan fingerprint density at radius 3 is 2.75 bits per heavy atom. The number of ether oxygens (including phenoxy) is 1. The van der Waals surface area contributed by atoms with Crippen molar-refractivity contribution in [2.45, 2.75) is 13.0 Å². The van der Waals surface area contributed by atoms with Gasteiger partial charge in [0, 0.05) is 72.0 Å². The van der Waals surface area contributed by atoms with Crippen molar-refractivity contribution in [3.8, 4) is 0 Å². The molecule has 0 saturated carbocycles. The van der Waals surface area contributed by atoms with Crippen molar-refractivity contribution in [3.63, 3.8) is 0 Å². The monoisotopic (exact) mass is 506 g/mol. The molecule has 1 amide bonds. The van der Waals surface area contributed by atoms with Crippen LogP contribution in [-0.4, -0.2) is 98.3 Å². The normalized spacial score (nSPS) is 20.7. The third-order valence-corrected chi connectivity index (χ3v) is 4.98. The highest BCUT2D eigenvalue weighted by atomic mass is 127. The van der Waals surface area contributed by atoms with E-state index in [4.69, 9.17) is 9.26 Å². The highest BCUT2D eigenvalue weighted by Gasteiger charge is 2.22. The summed E-state index contributed by atoms with van der Waals surface area (Å²) in [5.74, 6) is 1.33. The number of rotatable bonds is 6. The van der Waals surface area contributed by atoms with Crippen LogP contribution in [-0.2, 0) is 16.1 Å². The summed E-state index contributed by atoms with van der Waals surface area (Å²) in [5.41, 5.74) is 0.952. The molecule has 9 nitrogen and oxygen atoms in total. The average Bonchev–Trinajstić information content (AvgIpc) is 3.36. The maximum Gasteiger partial charge on any atom is 0.243 e. The Bertz CT molecular complexity index is 611. The van der Waals surface area contributed by atoms with Gasteiger partial charge in [0.1, 0.15) is 12.8 Å². The summed E-state index contributed by atoms with van der Waals surface area (Å²) in [6.07, 6.45) is 2.68. The van der Waals surface area contributed by atoms with Gasteiger partial charge in [-0.15, -0.1) is 24.0 Å². The summed E-state index contributed by atoms with van der Waals surface area (Å²) in [5, 5.41) is 7.45. The van der Waals surface area contributed by atoms with Gasteiger partial charge in [-0.1, -0.05) is 5.16 Å². The molecular formula is C18H31IN6O3. The van der Waals surface area contributed by atoms with Crippen LogP contribution in [0.2, 0.25) is 0 Å². The summed E-state index contributed by atoms with van der Waals surface area (Å²) in [6, 6.07) is 1.90. The number of carbonyl (C=O) groups excluding carboxylic acids is 1. The standard InChI is InChI=1S/C18H30N6O3.HI/c1-22(2)17(25)12-20-18(19-11-15-3-9-26-14-15)24-7-5-23(6-8-24)13-16-4-10-27-21-16;/h4,10,15H,3,5-9,11-14H2,1-2H3,(H,19,20);1H. The lowest BCUT2D eigenvalue weighted by Crippen LogP contribution is -2.53. The number of likely N-dealkylation sites (N-methyl/N-ethyl adjacent to an activating group) is 1. The number of hydrogen-bond acceptors (Lipinski definition) is 6. The van der Waals surface area contributed by atoms with Crippen molar-refractivity contribution >= 4 is 35.8 Å². The Labute approximate surface area is 183 Å². The number of amides is 1. The largest absolute Gasteiger partial charge is 0.381 e. The van der Waals surface area contributed by atoms with Crippen molar-refractivity contribution in [1.29, 1.82) is 0 Å². The molecule has 3 heterocycles. The van der Waals surface area contributed by atoms with Gasteiger partial charge >= 0.3 is 0 Å². The lowest BCUT2D eigenvalue weighted by molar-refractivity contribution is -0.127. The molecule has 1 atom stereocenters. The molecule has 10 heteroatoms. The quantitative estimate of drug-likeness (QED) is 0.341. The van der Waals surface area contributed by atoms with E-state index < -0.39 is 0 Å². The second-order valence-electron chi connectivity index (χ2n) is 7.29. The Kier molecular flexibility index (Phi) is 9.45. The van der Waals surface area contributed by atoms with Gasteiger partial charge in [-0.2, -0.15) is 0 Å². The minimum atomic E-state index is 0. The molecule has 28 heavy (non-hydrogen) atoms. The molecule has 2 saturated heterocycles. The molecule has 0 radical (unpaired) electrons. The summed E-state index contributed by atoms with van der Waals surface area (Å²) >= 11 is 0. The molecule has 1 aromatic rings. The Balaban J connectivity index is 0.00000280. The van der Waals surface area contributed by atoms with E-state index in [0.29, 0.717) is 5.92 Å². The van der Waals surface area contributed by atoms with Crippen molar-refractivity contribution in [3.05, 3.63) is 18.0 Å². The van der Waals surface area contributed by atoms with Gasteiger partial charge in [0.15, 0.2) is 5.96 Å². The topological polar surface area (TPSA) is 86.4 Å². The molecule has 1 N–H and O–H groups in total. The maximum absolute atomic E-state index is 11.9. The van der Waals surface area contributed by atoms with Gasteiger partial charge in [-0.25, -0.2) is 4.99 Å². The summed E-state index contributed by atoms with van der Waals surface area (Å²) in [4.78, 5) is 22.7. The van der Waals surface area contributed by atoms with Crippen LogP contribution in [0, 0.1) is 5.92 Å². The first kappa shape index (κ1) is 22.9. The SMILES string of the molecule is CN(C)C(=O)CN=C(NCC1CCOC1)N1CCN(Cc2ccon2)CC1.I. The molecule has 0 spiro atoms. The highest BCUT2D eigenvalue weighted by Crippen LogP contribution is 2.12. The van der Waals surface area contributed by atoms with Gasteiger partial charge in [-0.3, -0.25) is 9.69 Å². The van der Waals surface area contributed by atoms with E-state index in [2.05, 4.69) is 25.3 Å². The predicted octanol–water partition coefficient (Wildman–Crippen LogP) is 0.481. The summed E-state index contributed by atoms with van der Waals surface area (Å²) in [7, 11) is 3.51. The molecule has 2 fully saturated rings.